The Morgan fingerprint density at radius 3 is 2.62 bits per heavy atom. The van der Waals surface area contributed by atoms with E-state index in [2.05, 4.69) is 11.8 Å². The number of nitrogens with two attached hydrogens (primary N) is 1. The molecule has 3 rings (SSSR count). The summed E-state index contributed by atoms with van der Waals surface area (Å²) < 4.78 is 12.5. The van der Waals surface area contributed by atoms with E-state index in [9.17, 15) is 0 Å². The Morgan fingerprint density at radius 1 is 1.10 bits per heavy atom. The third kappa shape index (κ3) is 4.15. The molecule has 0 amide bonds. The minimum Gasteiger partial charge on any atom is -0.378 e. The molecule has 0 aromatic rings. The van der Waals surface area contributed by atoms with Gasteiger partial charge in [-0.15, -0.1) is 0 Å². The van der Waals surface area contributed by atoms with Crippen molar-refractivity contribution < 1.29 is 9.47 Å². The Morgan fingerprint density at radius 2 is 1.86 bits per heavy atom. The van der Waals surface area contributed by atoms with Crippen molar-refractivity contribution in [1.82, 2.24) is 0 Å². The molecule has 2 heterocycles. The highest BCUT2D eigenvalue weighted by Gasteiger charge is 2.39. The zero-order valence-electron chi connectivity index (χ0n) is 13.2. The van der Waals surface area contributed by atoms with Crippen molar-refractivity contribution in [2.45, 2.75) is 63.1 Å². The van der Waals surface area contributed by atoms with Crippen LogP contribution in [0.1, 0.15) is 51.4 Å². The first-order chi connectivity index (χ1) is 10.3. The Balaban J connectivity index is 1.48. The molecule has 122 valence electrons. The van der Waals surface area contributed by atoms with Gasteiger partial charge in [-0.05, 0) is 62.0 Å². The first-order valence-corrected chi connectivity index (χ1v) is 10.0. The Bertz CT molecular complexity index is 314. The van der Waals surface area contributed by atoms with Crippen LogP contribution >= 0.6 is 11.8 Å². The van der Waals surface area contributed by atoms with Gasteiger partial charge in [0.05, 0.1) is 18.3 Å². The zero-order valence-corrected chi connectivity index (χ0v) is 14.0. The fourth-order valence-corrected chi connectivity index (χ4v) is 5.53. The molecule has 3 nitrogen and oxygen atoms in total. The van der Waals surface area contributed by atoms with Crippen LogP contribution in [0.5, 0.6) is 0 Å². The summed E-state index contributed by atoms with van der Waals surface area (Å²) in [5.41, 5.74) is 6.08. The normalized spacial score (nSPS) is 36.7. The molecule has 3 unspecified atom stereocenters. The molecule has 0 radical (unpaired) electrons. The van der Waals surface area contributed by atoms with Crippen molar-refractivity contribution in [1.29, 1.82) is 0 Å². The molecule has 3 fully saturated rings. The molecule has 0 aromatic carbocycles. The molecular formula is C17H31NO2S. The van der Waals surface area contributed by atoms with Gasteiger partial charge in [0.2, 0.25) is 0 Å². The van der Waals surface area contributed by atoms with Crippen LogP contribution in [0.4, 0.5) is 0 Å². The Labute approximate surface area is 133 Å². The first kappa shape index (κ1) is 16.1. The summed E-state index contributed by atoms with van der Waals surface area (Å²) >= 11 is 2.07. The van der Waals surface area contributed by atoms with Crippen LogP contribution < -0.4 is 5.73 Å². The van der Waals surface area contributed by atoms with Gasteiger partial charge >= 0.3 is 0 Å². The third-order valence-corrected chi connectivity index (χ3v) is 6.75. The van der Waals surface area contributed by atoms with Crippen LogP contribution in [-0.4, -0.2) is 43.0 Å². The Kier molecular flexibility index (Phi) is 5.88. The summed E-state index contributed by atoms with van der Waals surface area (Å²) in [7, 11) is 0. The number of rotatable bonds is 4. The highest BCUT2D eigenvalue weighted by Crippen LogP contribution is 2.39. The summed E-state index contributed by atoms with van der Waals surface area (Å²) in [6.45, 7) is 2.65. The maximum atomic E-state index is 6.34. The summed E-state index contributed by atoms with van der Waals surface area (Å²) in [6, 6.07) is 0. The summed E-state index contributed by atoms with van der Waals surface area (Å²) in [5.74, 6) is 3.90. The van der Waals surface area contributed by atoms with E-state index < -0.39 is 0 Å². The summed E-state index contributed by atoms with van der Waals surface area (Å²) in [6.07, 6.45) is 10.4. The molecular weight excluding hydrogens is 282 g/mol. The quantitative estimate of drug-likeness (QED) is 0.865. The van der Waals surface area contributed by atoms with Gasteiger partial charge < -0.3 is 15.2 Å². The van der Waals surface area contributed by atoms with Crippen LogP contribution in [0.3, 0.4) is 0 Å². The molecule has 1 aliphatic carbocycles. The number of ether oxygens (including phenoxy) is 2. The van der Waals surface area contributed by atoms with Crippen molar-refractivity contribution in [2.75, 3.05) is 31.3 Å². The number of hydrogen-bond donors (Lipinski definition) is 1. The molecule has 0 bridgehead atoms. The summed E-state index contributed by atoms with van der Waals surface area (Å²) in [4.78, 5) is 0. The molecule has 2 aliphatic heterocycles. The van der Waals surface area contributed by atoms with Gasteiger partial charge in [-0.3, -0.25) is 0 Å². The standard InChI is InChI=1S/C17H31NO2S/c18-12-14-3-1-2-4-15(14)13-19-16-5-8-20-17(11-16)6-9-21-10-7-17/h14-16H,1-13,18H2. The second-order valence-electron chi connectivity index (χ2n) is 7.13. The predicted molar refractivity (Wildman–Crippen MR) is 88.7 cm³/mol. The lowest BCUT2D eigenvalue weighted by Crippen LogP contribution is -2.45. The van der Waals surface area contributed by atoms with E-state index in [4.69, 9.17) is 15.2 Å². The molecule has 2 saturated heterocycles. The van der Waals surface area contributed by atoms with Crippen molar-refractivity contribution in [3.8, 4) is 0 Å². The van der Waals surface area contributed by atoms with Crippen LogP contribution in [-0.2, 0) is 9.47 Å². The smallest absolute Gasteiger partial charge is 0.0723 e. The van der Waals surface area contributed by atoms with Gasteiger partial charge in [-0.1, -0.05) is 12.8 Å². The molecule has 1 saturated carbocycles. The van der Waals surface area contributed by atoms with E-state index in [0.29, 0.717) is 17.9 Å². The summed E-state index contributed by atoms with van der Waals surface area (Å²) in [5, 5.41) is 0. The minimum absolute atomic E-state index is 0.147. The van der Waals surface area contributed by atoms with E-state index in [1.54, 1.807) is 0 Å². The zero-order chi connectivity index (χ0) is 14.5. The third-order valence-electron chi connectivity index (χ3n) is 5.77. The van der Waals surface area contributed by atoms with Crippen molar-refractivity contribution >= 4 is 11.8 Å². The lowest BCUT2D eigenvalue weighted by atomic mass is 9.79. The largest absolute Gasteiger partial charge is 0.378 e. The monoisotopic (exact) mass is 313 g/mol. The van der Waals surface area contributed by atoms with Gasteiger partial charge in [0, 0.05) is 13.0 Å². The highest BCUT2D eigenvalue weighted by molar-refractivity contribution is 7.99. The SMILES string of the molecule is NCC1CCCCC1COC1CCOC2(CCSCC2)C1. The van der Waals surface area contributed by atoms with E-state index >= 15 is 0 Å². The van der Waals surface area contributed by atoms with Crippen LogP contribution in [0, 0.1) is 11.8 Å². The maximum Gasteiger partial charge on any atom is 0.0723 e. The first-order valence-electron chi connectivity index (χ1n) is 8.85. The fourth-order valence-electron chi connectivity index (χ4n) is 4.29. The van der Waals surface area contributed by atoms with Gasteiger partial charge in [-0.25, -0.2) is 0 Å². The lowest BCUT2D eigenvalue weighted by Gasteiger charge is -2.43. The topological polar surface area (TPSA) is 44.5 Å². The van der Waals surface area contributed by atoms with E-state index in [1.165, 1.54) is 50.0 Å². The molecule has 2 N–H and O–H groups in total. The van der Waals surface area contributed by atoms with Crippen LogP contribution in [0.15, 0.2) is 0 Å². The molecule has 3 aliphatic rings. The molecule has 0 aromatic heterocycles. The van der Waals surface area contributed by atoms with Crippen molar-refractivity contribution in [2.24, 2.45) is 17.6 Å². The van der Waals surface area contributed by atoms with Gasteiger partial charge in [0.25, 0.3) is 0 Å². The average Bonchev–Trinajstić information content (AvgIpc) is 2.54. The molecule has 3 atom stereocenters. The Hall–Kier alpha value is 0.230. The maximum absolute atomic E-state index is 6.34. The molecule has 1 spiro atoms. The fraction of sp³-hybridized carbons (Fsp3) is 1.00. The van der Waals surface area contributed by atoms with Gasteiger partial charge in [0.1, 0.15) is 0 Å². The number of thioether (sulfide) groups is 1. The van der Waals surface area contributed by atoms with E-state index in [0.717, 1.165) is 32.6 Å². The highest BCUT2D eigenvalue weighted by atomic mass is 32.2. The van der Waals surface area contributed by atoms with E-state index in [-0.39, 0.29) is 5.60 Å². The van der Waals surface area contributed by atoms with Crippen molar-refractivity contribution in [3.05, 3.63) is 0 Å². The predicted octanol–water partition coefficient (Wildman–Crippen LogP) is 3.21. The lowest BCUT2D eigenvalue weighted by molar-refractivity contribution is -0.142. The molecule has 21 heavy (non-hydrogen) atoms. The second kappa shape index (κ2) is 7.67. The van der Waals surface area contributed by atoms with Gasteiger partial charge in [-0.2, -0.15) is 11.8 Å². The van der Waals surface area contributed by atoms with Gasteiger partial charge in [0.15, 0.2) is 0 Å². The van der Waals surface area contributed by atoms with Crippen molar-refractivity contribution in [3.63, 3.8) is 0 Å². The van der Waals surface area contributed by atoms with Crippen LogP contribution in [0.25, 0.3) is 0 Å². The minimum atomic E-state index is 0.147. The van der Waals surface area contributed by atoms with Crippen LogP contribution in [0.2, 0.25) is 0 Å². The molecule has 4 heteroatoms. The number of hydrogen-bond acceptors (Lipinski definition) is 4. The second-order valence-corrected chi connectivity index (χ2v) is 8.36. The average molecular weight is 314 g/mol. The van der Waals surface area contributed by atoms with E-state index in [1.807, 2.05) is 0 Å².